The van der Waals surface area contributed by atoms with Crippen molar-refractivity contribution >= 4 is 17.5 Å². The highest BCUT2D eigenvalue weighted by Gasteiger charge is 2.29. The maximum atomic E-state index is 13.8. The molecule has 5 heteroatoms. The van der Waals surface area contributed by atoms with E-state index in [0.29, 0.717) is 0 Å². The van der Waals surface area contributed by atoms with Crippen molar-refractivity contribution in [3.8, 4) is 0 Å². The third-order valence-electron chi connectivity index (χ3n) is 3.29. The number of carbonyl (C=O) groups excluding carboxylic acids is 1. The number of benzene rings is 2. The number of hydrogen-bond acceptors (Lipinski definition) is 2. The summed E-state index contributed by atoms with van der Waals surface area (Å²) in [7, 11) is 0. The molecule has 0 aromatic heterocycles. The predicted molar refractivity (Wildman–Crippen MR) is 79.8 cm³/mol. The molecule has 0 heterocycles. The van der Waals surface area contributed by atoms with E-state index < -0.39 is 17.3 Å². The van der Waals surface area contributed by atoms with Crippen LogP contribution in [0.2, 0.25) is 5.02 Å². The molecule has 1 atom stereocenters. The van der Waals surface area contributed by atoms with E-state index in [1.165, 1.54) is 12.1 Å². The highest BCUT2D eigenvalue weighted by atomic mass is 35.5. The topological polar surface area (TPSA) is 49.3 Å². The number of rotatable bonds is 4. The van der Waals surface area contributed by atoms with Gasteiger partial charge in [0.05, 0.1) is 17.7 Å². The van der Waals surface area contributed by atoms with Crippen LogP contribution in [0.25, 0.3) is 0 Å². The minimum atomic E-state index is -0.996. The molecule has 0 saturated heterocycles. The van der Waals surface area contributed by atoms with Crippen molar-refractivity contribution in [3.63, 3.8) is 0 Å². The molecule has 0 aliphatic carbocycles. The highest BCUT2D eigenvalue weighted by Crippen LogP contribution is 2.22. The van der Waals surface area contributed by atoms with Crippen LogP contribution in [0.4, 0.5) is 4.39 Å². The molecule has 0 radical (unpaired) electrons. The fourth-order valence-electron chi connectivity index (χ4n) is 2.00. The monoisotopic (exact) mass is 307 g/mol. The van der Waals surface area contributed by atoms with Crippen LogP contribution >= 0.6 is 11.6 Å². The Kier molecular flexibility index (Phi) is 4.60. The molecule has 0 aliphatic heterocycles. The lowest BCUT2D eigenvalue weighted by atomic mass is 9.92. The lowest BCUT2D eigenvalue weighted by Crippen LogP contribution is -2.46. The Balaban J connectivity index is 2.28. The molecule has 2 aromatic rings. The first kappa shape index (κ1) is 15.5. The van der Waals surface area contributed by atoms with Gasteiger partial charge < -0.3 is 10.4 Å². The Hall–Kier alpha value is -1.91. The maximum absolute atomic E-state index is 13.8. The van der Waals surface area contributed by atoms with Crippen LogP contribution in [-0.4, -0.2) is 17.6 Å². The van der Waals surface area contributed by atoms with Crippen molar-refractivity contribution in [3.05, 3.63) is 70.5 Å². The number of hydrogen-bond donors (Lipinski definition) is 2. The van der Waals surface area contributed by atoms with Crippen LogP contribution in [0.1, 0.15) is 22.8 Å². The van der Waals surface area contributed by atoms with Gasteiger partial charge in [-0.3, -0.25) is 4.79 Å². The van der Waals surface area contributed by atoms with Gasteiger partial charge in [-0.25, -0.2) is 4.39 Å². The van der Waals surface area contributed by atoms with Gasteiger partial charge in [-0.15, -0.1) is 0 Å². The molecule has 0 spiro atoms. The molecule has 110 valence electrons. The number of aliphatic hydroxyl groups is 1. The number of nitrogens with one attached hydrogen (secondary N) is 1. The smallest absolute Gasteiger partial charge is 0.255 e. The normalized spacial score (nSPS) is 13.5. The molecule has 2 aromatic carbocycles. The fraction of sp³-hybridized carbons (Fsp3) is 0.188. The molecule has 21 heavy (non-hydrogen) atoms. The number of carbonyl (C=O) groups is 1. The maximum Gasteiger partial charge on any atom is 0.255 e. The third kappa shape index (κ3) is 3.40. The summed E-state index contributed by atoms with van der Waals surface area (Å²) in [6.07, 6.45) is 0. The van der Waals surface area contributed by atoms with Crippen molar-refractivity contribution in [1.29, 1.82) is 0 Å². The molecule has 1 amide bonds. The zero-order valence-electron chi connectivity index (χ0n) is 11.4. The SMILES string of the molecule is CC(CO)(NC(=O)c1ccc(Cl)cc1F)c1ccccc1. The highest BCUT2D eigenvalue weighted by molar-refractivity contribution is 6.30. The van der Waals surface area contributed by atoms with Crippen molar-refractivity contribution in [2.75, 3.05) is 6.61 Å². The lowest BCUT2D eigenvalue weighted by molar-refractivity contribution is 0.0845. The molecular formula is C16H15ClFNO2. The van der Waals surface area contributed by atoms with Crippen LogP contribution in [-0.2, 0) is 5.54 Å². The first-order valence-electron chi connectivity index (χ1n) is 6.40. The van der Waals surface area contributed by atoms with E-state index >= 15 is 0 Å². The van der Waals surface area contributed by atoms with Crippen LogP contribution in [0, 0.1) is 5.82 Å². The van der Waals surface area contributed by atoms with Gasteiger partial charge in [0, 0.05) is 5.02 Å². The van der Waals surface area contributed by atoms with Crippen molar-refractivity contribution < 1.29 is 14.3 Å². The Morgan fingerprint density at radius 1 is 1.29 bits per heavy atom. The van der Waals surface area contributed by atoms with Gasteiger partial charge in [-0.2, -0.15) is 0 Å². The average Bonchev–Trinajstić information content (AvgIpc) is 2.47. The first-order chi connectivity index (χ1) is 9.96. The largest absolute Gasteiger partial charge is 0.394 e. The van der Waals surface area contributed by atoms with Crippen LogP contribution in [0.5, 0.6) is 0 Å². The first-order valence-corrected chi connectivity index (χ1v) is 6.78. The average molecular weight is 308 g/mol. The second-order valence-electron chi connectivity index (χ2n) is 4.93. The standard InChI is InChI=1S/C16H15ClFNO2/c1-16(10-20,11-5-3-2-4-6-11)19-15(21)13-8-7-12(17)9-14(13)18/h2-9,20H,10H2,1H3,(H,19,21). The van der Waals surface area contributed by atoms with E-state index in [4.69, 9.17) is 11.6 Å². The minimum Gasteiger partial charge on any atom is -0.394 e. The number of aliphatic hydroxyl groups excluding tert-OH is 1. The van der Waals surface area contributed by atoms with Gasteiger partial charge in [0.1, 0.15) is 5.82 Å². The Morgan fingerprint density at radius 2 is 1.95 bits per heavy atom. The van der Waals surface area contributed by atoms with Crippen molar-refractivity contribution in [2.45, 2.75) is 12.5 Å². The molecule has 3 nitrogen and oxygen atoms in total. The Morgan fingerprint density at radius 3 is 2.52 bits per heavy atom. The van der Waals surface area contributed by atoms with Gasteiger partial charge in [-0.1, -0.05) is 41.9 Å². The summed E-state index contributed by atoms with van der Waals surface area (Å²) in [5.74, 6) is -1.31. The summed E-state index contributed by atoms with van der Waals surface area (Å²) in [5.41, 5.74) is -0.380. The molecule has 1 unspecified atom stereocenters. The molecule has 2 rings (SSSR count). The molecule has 0 fully saturated rings. The summed E-state index contributed by atoms with van der Waals surface area (Å²) >= 11 is 5.67. The lowest BCUT2D eigenvalue weighted by Gasteiger charge is -2.29. The van der Waals surface area contributed by atoms with Gasteiger partial charge >= 0.3 is 0 Å². The van der Waals surface area contributed by atoms with Gasteiger partial charge in [-0.05, 0) is 30.7 Å². The fourth-order valence-corrected chi connectivity index (χ4v) is 2.16. The van der Waals surface area contributed by atoms with Gasteiger partial charge in [0.2, 0.25) is 0 Å². The van der Waals surface area contributed by atoms with Crippen LogP contribution in [0.15, 0.2) is 48.5 Å². The summed E-state index contributed by atoms with van der Waals surface area (Å²) in [5, 5.41) is 12.5. The summed E-state index contributed by atoms with van der Waals surface area (Å²) in [6.45, 7) is 1.37. The molecule has 0 saturated carbocycles. The van der Waals surface area contributed by atoms with E-state index in [0.717, 1.165) is 11.6 Å². The van der Waals surface area contributed by atoms with Crippen LogP contribution in [0.3, 0.4) is 0 Å². The van der Waals surface area contributed by atoms with Crippen molar-refractivity contribution in [2.24, 2.45) is 0 Å². The Bertz CT molecular complexity index is 648. The summed E-state index contributed by atoms with van der Waals surface area (Å²) in [4.78, 5) is 12.2. The summed E-state index contributed by atoms with van der Waals surface area (Å²) in [6, 6.07) is 12.9. The zero-order chi connectivity index (χ0) is 15.5. The Labute approximate surface area is 127 Å². The molecule has 2 N–H and O–H groups in total. The predicted octanol–water partition coefficient (Wildman–Crippen LogP) is 3.12. The van der Waals surface area contributed by atoms with Gasteiger partial charge in [0.25, 0.3) is 5.91 Å². The van der Waals surface area contributed by atoms with E-state index in [1.54, 1.807) is 31.2 Å². The number of halogens is 2. The number of amides is 1. The van der Waals surface area contributed by atoms with E-state index in [2.05, 4.69) is 5.32 Å². The van der Waals surface area contributed by atoms with E-state index in [9.17, 15) is 14.3 Å². The second kappa shape index (κ2) is 6.24. The molecule has 0 aliphatic rings. The molecular weight excluding hydrogens is 293 g/mol. The summed E-state index contributed by atoms with van der Waals surface area (Å²) < 4.78 is 13.8. The van der Waals surface area contributed by atoms with Crippen LogP contribution < -0.4 is 5.32 Å². The van der Waals surface area contributed by atoms with Gasteiger partial charge in [0.15, 0.2) is 0 Å². The van der Waals surface area contributed by atoms with E-state index in [1.807, 2.05) is 6.07 Å². The molecule has 0 bridgehead atoms. The quantitative estimate of drug-likeness (QED) is 0.912. The zero-order valence-corrected chi connectivity index (χ0v) is 12.2. The third-order valence-corrected chi connectivity index (χ3v) is 3.53. The second-order valence-corrected chi connectivity index (χ2v) is 5.37. The minimum absolute atomic E-state index is 0.116. The van der Waals surface area contributed by atoms with Crippen molar-refractivity contribution in [1.82, 2.24) is 5.32 Å². The van der Waals surface area contributed by atoms with E-state index in [-0.39, 0.29) is 17.2 Å².